The van der Waals surface area contributed by atoms with Crippen LogP contribution in [0, 0.1) is 0 Å². The highest BCUT2D eigenvalue weighted by Gasteiger charge is 2.51. The number of carboxylic acids is 1. The summed E-state index contributed by atoms with van der Waals surface area (Å²) in [6.45, 7) is 12.7. The van der Waals surface area contributed by atoms with Crippen molar-refractivity contribution >= 4 is 36.8 Å². The number of alkyl carbamates (subject to hydrolysis) is 1. The maximum atomic E-state index is 11.9. The number of carbonyl (C=O) groups is 2. The molecule has 1 fully saturated rings. The highest BCUT2D eigenvalue weighted by Crippen LogP contribution is 2.40. The number of amides is 1. The number of hydrogen-bond donors (Lipinski definition) is 2. The number of ether oxygens (including phenoxy) is 1. The van der Waals surface area contributed by atoms with E-state index in [9.17, 15) is 14.7 Å². The summed E-state index contributed by atoms with van der Waals surface area (Å²) < 4.78 is 14.7. The summed E-state index contributed by atoms with van der Waals surface area (Å²) in [6, 6.07) is 21.8. The number of aromatic nitrogens is 2. The molecule has 1 aliphatic carbocycles. The monoisotopic (exact) mass is 631 g/mol. The van der Waals surface area contributed by atoms with Crippen LogP contribution in [0.4, 0.5) is 4.79 Å². The first-order valence-corrected chi connectivity index (χ1v) is 17.9. The Bertz CT molecular complexity index is 1390. The highest BCUT2D eigenvalue weighted by molar-refractivity contribution is 6.99. The van der Waals surface area contributed by atoms with E-state index < -0.39 is 26.0 Å². The average molecular weight is 632 g/mol. The zero-order valence-electron chi connectivity index (χ0n) is 27.6. The predicted molar refractivity (Wildman–Crippen MR) is 181 cm³/mol. The molecule has 0 bridgehead atoms. The van der Waals surface area contributed by atoms with E-state index in [1.165, 1.54) is 10.4 Å². The fraction of sp³-hybridized carbons (Fsp3) is 0.472. The normalized spacial score (nSPS) is 18.0. The van der Waals surface area contributed by atoms with E-state index in [1.807, 2.05) is 12.5 Å². The van der Waals surface area contributed by atoms with Crippen LogP contribution in [-0.2, 0) is 14.0 Å². The van der Waals surface area contributed by atoms with Crippen molar-refractivity contribution in [1.82, 2.24) is 14.9 Å². The van der Waals surface area contributed by atoms with Crippen molar-refractivity contribution in [2.45, 2.75) is 103 Å². The molecular formula is C36H49N3O5Si. The van der Waals surface area contributed by atoms with E-state index in [4.69, 9.17) is 9.16 Å². The molecule has 0 radical (unpaired) electrons. The molecule has 242 valence electrons. The van der Waals surface area contributed by atoms with Gasteiger partial charge in [0.2, 0.25) is 0 Å². The summed E-state index contributed by atoms with van der Waals surface area (Å²) in [7, 11) is -2.61. The van der Waals surface area contributed by atoms with Gasteiger partial charge in [-0.3, -0.25) is 0 Å². The fourth-order valence-electron chi connectivity index (χ4n) is 6.23. The van der Waals surface area contributed by atoms with Gasteiger partial charge in [0.05, 0.1) is 12.0 Å². The molecule has 1 amide bonds. The van der Waals surface area contributed by atoms with E-state index in [-0.39, 0.29) is 22.8 Å². The van der Waals surface area contributed by atoms with Gasteiger partial charge in [-0.1, -0.05) is 81.4 Å². The van der Waals surface area contributed by atoms with Crippen molar-refractivity contribution in [1.29, 1.82) is 0 Å². The van der Waals surface area contributed by atoms with Gasteiger partial charge in [-0.2, -0.15) is 0 Å². The second kappa shape index (κ2) is 14.6. The molecule has 1 saturated carbocycles. The number of aliphatic carboxylic acids is 1. The Morgan fingerprint density at radius 2 is 1.53 bits per heavy atom. The van der Waals surface area contributed by atoms with Gasteiger partial charge < -0.3 is 24.2 Å². The van der Waals surface area contributed by atoms with Crippen LogP contribution in [0.1, 0.15) is 91.8 Å². The molecule has 0 atom stereocenters. The molecule has 9 heteroatoms. The first-order valence-electron chi connectivity index (χ1n) is 16.0. The van der Waals surface area contributed by atoms with Crippen molar-refractivity contribution in [2.24, 2.45) is 0 Å². The van der Waals surface area contributed by atoms with Crippen LogP contribution in [0.5, 0.6) is 0 Å². The first kappa shape index (κ1) is 34.2. The molecule has 0 aliphatic heterocycles. The van der Waals surface area contributed by atoms with Gasteiger partial charge in [-0.25, -0.2) is 14.6 Å². The van der Waals surface area contributed by atoms with Crippen LogP contribution in [0.15, 0.2) is 78.8 Å². The largest absolute Gasteiger partial charge is 0.478 e. The van der Waals surface area contributed by atoms with E-state index in [0.29, 0.717) is 25.1 Å². The number of rotatable bonds is 11. The van der Waals surface area contributed by atoms with Crippen LogP contribution in [-0.4, -0.2) is 53.3 Å². The molecule has 3 aromatic rings. The van der Waals surface area contributed by atoms with Crippen molar-refractivity contribution in [3.8, 4) is 0 Å². The number of nitrogens with one attached hydrogen (secondary N) is 1. The summed E-state index contributed by atoms with van der Waals surface area (Å²) >= 11 is 0. The lowest BCUT2D eigenvalue weighted by atomic mass is 9.93. The maximum Gasteiger partial charge on any atom is 0.407 e. The smallest absolute Gasteiger partial charge is 0.407 e. The SMILES string of the molecule is CC(C)(C)OC(=O)NCCCC(=Cc1cn(C2CCC(O[Si](c3ccccc3)(c3ccccc3)C(C)(C)C)CC2)cn1)C(=O)O. The maximum absolute atomic E-state index is 11.9. The summed E-state index contributed by atoms with van der Waals surface area (Å²) in [6.07, 6.45) is 9.64. The molecule has 1 heterocycles. The van der Waals surface area contributed by atoms with Gasteiger partial charge in [-0.05, 0) is 80.8 Å². The average Bonchev–Trinajstić information content (AvgIpc) is 3.45. The van der Waals surface area contributed by atoms with Crippen molar-refractivity contribution < 1.29 is 23.9 Å². The number of nitrogens with zero attached hydrogens (tertiary/aromatic N) is 2. The van der Waals surface area contributed by atoms with E-state index in [1.54, 1.807) is 26.8 Å². The van der Waals surface area contributed by atoms with E-state index in [2.05, 4.69) is 96.3 Å². The summed E-state index contributed by atoms with van der Waals surface area (Å²) in [5, 5.41) is 15.0. The van der Waals surface area contributed by atoms with Crippen LogP contribution in [0.3, 0.4) is 0 Å². The lowest BCUT2D eigenvalue weighted by molar-refractivity contribution is -0.132. The van der Waals surface area contributed by atoms with Crippen molar-refractivity contribution in [3.63, 3.8) is 0 Å². The third-order valence-electron chi connectivity index (χ3n) is 8.34. The summed E-state index contributed by atoms with van der Waals surface area (Å²) in [4.78, 5) is 28.3. The molecule has 4 rings (SSSR count). The summed E-state index contributed by atoms with van der Waals surface area (Å²) in [5.74, 6) is -0.984. The number of hydrogen-bond acceptors (Lipinski definition) is 5. The molecule has 0 unspecified atom stereocenters. The Kier molecular flexibility index (Phi) is 11.1. The van der Waals surface area contributed by atoms with E-state index in [0.717, 1.165) is 25.7 Å². The molecule has 0 spiro atoms. The lowest BCUT2D eigenvalue weighted by Gasteiger charge is -2.46. The quantitative estimate of drug-likeness (QED) is 0.138. The van der Waals surface area contributed by atoms with Gasteiger partial charge >= 0.3 is 12.1 Å². The molecule has 1 aromatic heterocycles. The minimum atomic E-state index is -2.61. The molecule has 45 heavy (non-hydrogen) atoms. The number of carbonyl (C=O) groups excluding carboxylic acids is 1. The lowest BCUT2D eigenvalue weighted by Crippen LogP contribution is -2.67. The Morgan fingerprint density at radius 3 is 2.04 bits per heavy atom. The number of carboxylic acid groups (broad SMARTS) is 1. The second-order valence-corrected chi connectivity index (χ2v) is 18.2. The third kappa shape index (κ3) is 8.95. The Balaban J connectivity index is 1.40. The second-order valence-electron chi connectivity index (χ2n) is 14.0. The molecule has 2 aromatic carbocycles. The molecule has 8 nitrogen and oxygen atoms in total. The molecule has 0 saturated heterocycles. The standard InChI is InChI=1S/C36H49N3O5Si/c1-35(2,3)43-34(42)37-23-13-14-27(33(40)41)24-28-25-39(26-38-28)29-19-21-30(22-20-29)44-45(36(4,5)6,31-15-9-7-10-16-31)32-17-11-8-12-18-32/h7-12,15-18,24-26,29-30H,13-14,19-23H2,1-6H3,(H,37,42)(H,40,41). The van der Waals surface area contributed by atoms with E-state index >= 15 is 0 Å². The Morgan fingerprint density at radius 1 is 0.956 bits per heavy atom. The Hall–Kier alpha value is -3.69. The Labute approximate surface area is 269 Å². The van der Waals surface area contributed by atoms with Crippen LogP contribution >= 0.6 is 0 Å². The zero-order valence-corrected chi connectivity index (χ0v) is 28.6. The van der Waals surface area contributed by atoms with Gasteiger partial charge in [-0.15, -0.1) is 0 Å². The molecule has 2 N–H and O–H groups in total. The van der Waals surface area contributed by atoms with Crippen molar-refractivity contribution in [2.75, 3.05) is 6.54 Å². The minimum absolute atomic E-state index is 0.0637. The number of benzene rings is 2. The van der Waals surface area contributed by atoms with Crippen LogP contribution in [0.25, 0.3) is 6.08 Å². The predicted octanol–water partition coefficient (Wildman–Crippen LogP) is 6.72. The zero-order chi connectivity index (χ0) is 32.7. The summed E-state index contributed by atoms with van der Waals surface area (Å²) in [5.41, 5.74) is 0.302. The molecule has 1 aliphatic rings. The molecular weight excluding hydrogens is 582 g/mol. The van der Waals surface area contributed by atoms with Gasteiger partial charge in [0.25, 0.3) is 8.32 Å². The minimum Gasteiger partial charge on any atom is -0.478 e. The van der Waals surface area contributed by atoms with Crippen LogP contribution < -0.4 is 15.7 Å². The first-order chi connectivity index (χ1) is 21.3. The third-order valence-corrected chi connectivity index (χ3v) is 13.4. The highest BCUT2D eigenvalue weighted by atomic mass is 28.4. The van der Waals surface area contributed by atoms with Gasteiger partial charge in [0.15, 0.2) is 0 Å². The topological polar surface area (TPSA) is 103 Å². The van der Waals surface area contributed by atoms with Crippen molar-refractivity contribution in [3.05, 3.63) is 84.5 Å². The fourth-order valence-corrected chi connectivity index (χ4v) is 11.0. The number of imidazole rings is 1. The van der Waals surface area contributed by atoms with Gasteiger partial charge in [0.1, 0.15) is 5.60 Å². The van der Waals surface area contributed by atoms with Gasteiger partial charge in [0, 0.05) is 30.5 Å². The van der Waals surface area contributed by atoms with Crippen LogP contribution in [0.2, 0.25) is 5.04 Å².